The predicted molar refractivity (Wildman–Crippen MR) is 105 cm³/mol. The molecule has 158 valence electrons. The first-order valence-corrected chi connectivity index (χ1v) is 10.7. The maximum Gasteiger partial charge on any atom is 0.418 e. The van der Waals surface area contributed by atoms with Gasteiger partial charge in [0.2, 0.25) is 10.0 Å². The first-order chi connectivity index (χ1) is 13.5. The molecule has 1 aliphatic rings. The average Bonchev–Trinajstić information content (AvgIpc) is 2.63. The molecule has 2 aromatic rings. The lowest BCUT2D eigenvalue weighted by molar-refractivity contribution is -0.137. The van der Waals surface area contributed by atoms with Gasteiger partial charge in [0.05, 0.1) is 10.5 Å². The van der Waals surface area contributed by atoms with E-state index in [1.54, 1.807) is 4.90 Å². The number of anilines is 1. The van der Waals surface area contributed by atoms with Gasteiger partial charge in [-0.3, -0.25) is 0 Å². The van der Waals surface area contributed by atoms with Crippen molar-refractivity contribution >= 4 is 15.7 Å². The number of alkyl halides is 3. The van der Waals surface area contributed by atoms with Crippen LogP contribution in [0.4, 0.5) is 18.9 Å². The van der Waals surface area contributed by atoms with Gasteiger partial charge >= 0.3 is 6.18 Å². The Hall–Kier alpha value is -2.26. The van der Waals surface area contributed by atoms with Gasteiger partial charge in [0.25, 0.3) is 0 Å². The van der Waals surface area contributed by atoms with E-state index >= 15 is 0 Å². The first kappa shape index (κ1) is 21.4. The van der Waals surface area contributed by atoms with Gasteiger partial charge in [0.15, 0.2) is 0 Å². The SMILES string of the molecule is Cc1cccc(C)c1OC1CCN(c2ccc(S(N)(=O)=O)cc2C(F)(F)F)CC1. The Balaban J connectivity index is 1.78. The van der Waals surface area contributed by atoms with Crippen molar-refractivity contribution in [1.29, 1.82) is 0 Å². The number of nitrogens with two attached hydrogens (primary N) is 1. The predicted octanol–water partition coefficient (Wildman–Crippen LogP) is 4.02. The van der Waals surface area contributed by atoms with E-state index in [4.69, 9.17) is 9.88 Å². The monoisotopic (exact) mass is 428 g/mol. The van der Waals surface area contributed by atoms with Gasteiger partial charge in [-0.25, -0.2) is 13.6 Å². The third-order valence-electron chi connectivity index (χ3n) is 5.08. The highest BCUT2D eigenvalue weighted by Crippen LogP contribution is 2.39. The van der Waals surface area contributed by atoms with Gasteiger partial charge in [0.1, 0.15) is 11.9 Å². The summed E-state index contributed by atoms with van der Waals surface area (Å²) in [6, 6.07) is 8.75. The van der Waals surface area contributed by atoms with Crippen molar-refractivity contribution in [3.05, 3.63) is 53.1 Å². The fourth-order valence-electron chi connectivity index (χ4n) is 3.56. The molecule has 1 fully saturated rings. The second-order valence-corrected chi connectivity index (χ2v) is 8.81. The van der Waals surface area contributed by atoms with Gasteiger partial charge < -0.3 is 9.64 Å². The smallest absolute Gasteiger partial charge is 0.418 e. The standard InChI is InChI=1S/C20H23F3N2O3S/c1-13-4-3-5-14(2)19(13)28-15-8-10-25(11-9-15)18-7-6-16(29(24,26)27)12-17(18)20(21,22)23/h3-7,12,15H,8-11H2,1-2H3,(H2,24,26,27). The van der Waals surface area contributed by atoms with Crippen LogP contribution in [0.2, 0.25) is 0 Å². The molecule has 29 heavy (non-hydrogen) atoms. The van der Waals surface area contributed by atoms with Crippen LogP contribution in [0, 0.1) is 13.8 Å². The van der Waals surface area contributed by atoms with Gasteiger partial charge in [0, 0.05) is 31.6 Å². The first-order valence-electron chi connectivity index (χ1n) is 9.18. The summed E-state index contributed by atoms with van der Waals surface area (Å²) in [7, 11) is -4.22. The van der Waals surface area contributed by atoms with E-state index in [2.05, 4.69) is 0 Å². The molecule has 0 amide bonds. The maximum absolute atomic E-state index is 13.5. The topological polar surface area (TPSA) is 72.6 Å². The lowest BCUT2D eigenvalue weighted by Crippen LogP contribution is -2.39. The molecule has 0 aromatic heterocycles. The lowest BCUT2D eigenvalue weighted by atomic mass is 10.0. The van der Waals surface area contributed by atoms with Crippen molar-refractivity contribution < 1.29 is 26.3 Å². The Morgan fingerprint density at radius 3 is 2.17 bits per heavy atom. The summed E-state index contributed by atoms with van der Waals surface area (Å²) in [4.78, 5) is 1.06. The molecule has 0 bridgehead atoms. The molecule has 2 aromatic carbocycles. The normalized spacial score (nSPS) is 16.1. The van der Waals surface area contributed by atoms with E-state index < -0.39 is 26.7 Å². The van der Waals surface area contributed by atoms with E-state index in [1.165, 1.54) is 6.07 Å². The second-order valence-electron chi connectivity index (χ2n) is 7.25. The van der Waals surface area contributed by atoms with Gasteiger partial charge in [-0.2, -0.15) is 13.2 Å². The highest BCUT2D eigenvalue weighted by molar-refractivity contribution is 7.89. The molecule has 0 spiro atoms. The summed E-state index contributed by atoms with van der Waals surface area (Å²) >= 11 is 0. The highest BCUT2D eigenvalue weighted by Gasteiger charge is 2.37. The van der Waals surface area contributed by atoms with E-state index in [9.17, 15) is 21.6 Å². The minimum Gasteiger partial charge on any atom is -0.490 e. The third-order valence-corrected chi connectivity index (χ3v) is 5.99. The number of ether oxygens (including phenoxy) is 1. The zero-order valence-corrected chi connectivity index (χ0v) is 17.0. The average molecular weight is 428 g/mol. The number of rotatable bonds is 4. The molecule has 0 atom stereocenters. The zero-order valence-electron chi connectivity index (χ0n) is 16.2. The summed E-state index contributed by atoms with van der Waals surface area (Å²) in [6.45, 7) is 4.65. The van der Waals surface area contributed by atoms with Crippen LogP contribution >= 0.6 is 0 Å². The number of halogens is 3. The number of hydrogen-bond donors (Lipinski definition) is 1. The molecule has 1 heterocycles. The summed E-state index contributed by atoms with van der Waals surface area (Å²) < 4.78 is 69.6. The Labute approximate surface area is 168 Å². The number of sulfonamides is 1. The number of benzene rings is 2. The quantitative estimate of drug-likeness (QED) is 0.799. The van der Waals surface area contributed by atoms with Crippen molar-refractivity contribution in [2.24, 2.45) is 5.14 Å². The Morgan fingerprint density at radius 1 is 1.07 bits per heavy atom. The zero-order chi connectivity index (χ0) is 21.4. The van der Waals surface area contributed by atoms with Crippen molar-refractivity contribution in [2.45, 2.75) is 43.9 Å². The largest absolute Gasteiger partial charge is 0.490 e. The molecule has 0 aliphatic carbocycles. The van der Waals surface area contributed by atoms with Crippen LogP contribution in [0.15, 0.2) is 41.3 Å². The van der Waals surface area contributed by atoms with Crippen LogP contribution < -0.4 is 14.8 Å². The van der Waals surface area contributed by atoms with E-state index in [1.807, 2.05) is 32.0 Å². The second kappa shape index (κ2) is 7.87. The number of para-hydroxylation sites is 1. The molecule has 1 saturated heterocycles. The van der Waals surface area contributed by atoms with Gasteiger partial charge in [-0.05, 0) is 43.2 Å². The van der Waals surface area contributed by atoms with E-state index in [0.29, 0.717) is 32.0 Å². The molecule has 3 rings (SSSR count). The molecule has 5 nitrogen and oxygen atoms in total. The molecular weight excluding hydrogens is 405 g/mol. The van der Waals surface area contributed by atoms with Crippen molar-refractivity contribution in [1.82, 2.24) is 0 Å². The number of primary sulfonamides is 1. The number of hydrogen-bond acceptors (Lipinski definition) is 4. The molecule has 1 aliphatic heterocycles. The summed E-state index contributed by atoms with van der Waals surface area (Å²) in [6.07, 6.45) is -3.67. The highest BCUT2D eigenvalue weighted by atomic mass is 32.2. The summed E-state index contributed by atoms with van der Waals surface area (Å²) in [5.74, 6) is 0.819. The van der Waals surface area contributed by atoms with Crippen LogP contribution in [0.1, 0.15) is 29.5 Å². The van der Waals surface area contributed by atoms with Crippen LogP contribution in [-0.2, 0) is 16.2 Å². The van der Waals surface area contributed by atoms with Crippen molar-refractivity contribution in [3.63, 3.8) is 0 Å². The Morgan fingerprint density at radius 2 is 1.66 bits per heavy atom. The molecule has 0 saturated carbocycles. The summed E-state index contributed by atoms with van der Waals surface area (Å²) in [5.41, 5.74) is 0.990. The van der Waals surface area contributed by atoms with E-state index in [0.717, 1.165) is 22.9 Å². The minimum absolute atomic E-state index is 0.0459. The van der Waals surface area contributed by atoms with Crippen LogP contribution in [-0.4, -0.2) is 27.6 Å². The lowest BCUT2D eigenvalue weighted by Gasteiger charge is -2.35. The van der Waals surface area contributed by atoms with Gasteiger partial charge in [-0.15, -0.1) is 0 Å². The van der Waals surface area contributed by atoms with Crippen molar-refractivity contribution in [3.8, 4) is 5.75 Å². The number of aryl methyl sites for hydroxylation is 2. The molecule has 0 radical (unpaired) electrons. The van der Waals surface area contributed by atoms with Crippen LogP contribution in [0.25, 0.3) is 0 Å². The molecule has 2 N–H and O–H groups in total. The fourth-order valence-corrected chi connectivity index (χ4v) is 4.10. The summed E-state index contributed by atoms with van der Waals surface area (Å²) in [5, 5.41) is 4.99. The minimum atomic E-state index is -4.69. The number of piperidine rings is 1. The van der Waals surface area contributed by atoms with Gasteiger partial charge in [-0.1, -0.05) is 18.2 Å². The Bertz CT molecular complexity index is 978. The van der Waals surface area contributed by atoms with Crippen LogP contribution in [0.5, 0.6) is 5.75 Å². The maximum atomic E-state index is 13.5. The van der Waals surface area contributed by atoms with E-state index in [-0.39, 0.29) is 11.8 Å². The number of nitrogens with zero attached hydrogens (tertiary/aromatic N) is 1. The fraction of sp³-hybridized carbons (Fsp3) is 0.400. The molecule has 0 unspecified atom stereocenters. The Kier molecular flexibility index (Phi) is 5.82. The van der Waals surface area contributed by atoms with Crippen molar-refractivity contribution in [2.75, 3.05) is 18.0 Å². The third kappa shape index (κ3) is 4.84. The molecule has 9 heteroatoms. The van der Waals surface area contributed by atoms with Crippen LogP contribution in [0.3, 0.4) is 0 Å². The molecular formula is C20H23F3N2O3S.